The predicted molar refractivity (Wildman–Crippen MR) is 247 cm³/mol. The molecule has 68 heavy (non-hydrogen) atoms. The highest BCUT2D eigenvalue weighted by Crippen LogP contribution is 2.48. The lowest BCUT2D eigenvalue weighted by Crippen LogP contribution is -2.45. The van der Waals surface area contributed by atoms with Crippen LogP contribution in [0.15, 0.2) is 58.8 Å². The molecule has 0 radical (unpaired) electrons. The van der Waals surface area contributed by atoms with Gasteiger partial charge in [-0.1, -0.05) is 0 Å². The van der Waals surface area contributed by atoms with E-state index in [2.05, 4.69) is 9.97 Å². The summed E-state index contributed by atoms with van der Waals surface area (Å²) in [5, 5.41) is 22.2. The average Bonchev–Trinajstić information content (AvgIpc) is 3.37. The van der Waals surface area contributed by atoms with Gasteiger partial charge >= 0.3 is 11.9 Å². The normalized spacial score (nSPS) is 22.2. The molecule has 0 spiro atoms. The van der Waals surface area contributed by atoms with Crippen molar-refractivity contribution < 1.29 is 67.2 Å². The fraction of sp³-hybridized carbons (Fsp3) is 0.480. The summed E-state index contributed by atoms with van der Waals surface area (Å²) in [7, 11) is 9.26. The van der Waals surface area contributed by atoms with Gasteiger partial charge in [-0.25, -0.2) is 19.6 Å². The van der Waals surface area contributed by atoms with E-state index in [1.54, 1.807) is 40.8 Å². The molecule has 2 aliphatic carbocycles. The highest BCUT2D eigenvalue weighted by atomic mass is 16.6. The SMILES string of the molecule is CCOc1cc2c(cc1OC)C(c1cnc(OC)c(OC)c1)=N[C@H]1CC[C@H](OC(=O)C(O)C(O)C(=O)O[C@H]3CC[C@@H]4N=C(c5cnc(OC)c(OC)c5)c5cc(OC)c(OCC)cc5[C@@H]4C3)C[C@@H]21. The molecule has 0 saturated heterocycles. The number of carbonyl (C=O) groups excluding carboxylic acids is 2. The molecule has 0 bridgehead atoms. The number of rotatable bonds is 17. The third-order valence-corrected chi connectivity index (χ3v) is 13.1. The van der Waals surface area contributed by atoms with Crippen molar-refractivity contribution in [2.45, 2.75) is 101 Å². The van der Waals surface area contributed by atoms with Crippen LogP contribution in [0.3, 0.4) is 0 Å². The Bertz CT molecular complexity index is 2410. The minimum Gasteiger partial charge on any atom is -0.493 e. The molecule has 4 aliphatic rings. The largest absolute Gasteiger partial charge is 0.493 e. The molecule has 2 fully saturated rings. The molecule has 0 amide bonds. The Morgan fingerprint density at radius 3 is 1.29 bits per heavy atom. The molecule has 2 aromatic heterocycles. The number of esters is 2. The van der Waals surface area contributed by atoms with Crippen LogP contribution in [0.4, 0.5) is 0 Å². The van der Waals surface area contributed by atoms with Gasteiger partial charge in [0.2, 0.25) is 0 Å². The van der Waals surface area contributed by atoms with Gasteiger partial charge in [-0.3, -0.25) is 9.98 Å². The van der Waals surface area contributed by atoms with Crippen LogP contribution < -0.4 is 37.9 Å². The molecule has 2 aromatic carbocycles. The van der Waals surface area contributed by atoms with Gasteiger partial charge in [0, 0.05) is 46.5 Å². The number of fused-ring (bicyclic) bond motifs is 6. The van der Waals surface area contributed by atoms with Gasteiger partial charge in [0.05, 0.1) is 79.4 Å². The zero-order valence-electron chi connectivity index (χ0n) is 39.5. The Hall–Kier alpha value is -6.66. The molecule has 2 unspecified atom stereocenters. The van der Waals surface area contributed by atoms with Crippen molar-refractivity contribution in [1.29, 1.82) is 0 Å². The molecular formula is C50H58N4O14. The number of aromatic nitrogens is 2. The lowest BCUT2D eigenvalue weighted by atomic mass is 9.74. The molecule has 362 valence electrons. The van der Waals surface area contributed by atoms with Crippen molar-refractivity contribution in [3.05, 3.63) is 82.2 Å². The standard InChI is InChI=1S/C50H58N4O14/c1-9-65-39-19-29-31-17-27(11-13-35(31)53-43(33(29)21-37(39)59-3)25-15-41(61-5)47(63-7)51-23-25)67-49(57)45(55)46(56)50(58)68-28-12-14-36-32(18-28)30-20-40(66-10-2)38(60-4)22-34(30)44(54-36)26-16-42(62-6)48(64-8)52-24-26/h15-16,19-24,27-28,31-32,35-36,45-46,55-56H,9-14,17-18H2,1-8H3/t27-,28-,31-,32-,35-,36-,45?,46?/m0/s1. The lowest BCUT2D eigenvalue weighted by molar-refractivity contribution is -0.180. The number of hydrogen-bond donors (Lipinski definition) is 2. The van der Waals surface area contributed by atoms with Crippen molar-refractivity contribution in [3.63, 3.8) is 0 Å². The molecule has 8 rings (SSSR count). The van der Waals surface area contributed by atoms with Crippen LogP contribution in [0.1, 0.15) is 97.6 Å². The fourth-order valence-corrected chi connectivity index (χ4v) is 9.83. The Kier molecular flexibility index (Phi) is 14.5. The second-order valence-electron chi connectivity index (χ2n) is 16.9. The van der Waals surface area contributed by atoms with E-state index in [0.717, 1.165) is 22.3 Å². The van der Waals surface area contributed by atoms with Crippen molar-refractivity contribution in [2.75, 3.05) is 55.9 Å². The number of ether oxygens (including phenoxy) is 10. The molecular weight excluding hydrogens is 881 g/mol. The first-order valence-corrected chi connectivity index (χ1v) is 22.8. The van der Waals surface area contributed by atoms with Crippen LogP contribution in [0.2, 0.25) is 0 Å². The summed E-state index contributed by atoms with van der Waals surface area (Å²) in [5.74, 6) is 1.03. The minimum absolute atomic E-state index is 0.201. The summed E-state index contributed by atoms with van der Waals surface area (Å²) in [6.45, 7) is 4.58. The number of methoxy groups -OCH3 is 6. The molecule has 8 atom stereocenters. The lowest BCUT2D eigenvalue weighted by Gasteiger charge is -2.39. The van der Waals surface area contributed by atoms with E-state index in [1.165, 1.54) is 14.2 Å². The number of benzene rings is 2. The summed E-state index contributed by atoms with van der Waals surface area (Å²) >= 11 is 0. The van der Waals surface area contributed by atoms with E-state index >= 15 is 0 Å². The molecule has 18 heteroatoms. The Morgan fingerprint density at radius 1 is 0.544 bits per heavy atom. The van der Waals surface area contributed by atoms with Gasteiger partial charge in [-0.05, 0) is 99.9 Å². The van der Waals surface area contributed by atoms with Crippen LogP contribution in [0, 0.1) is 0 Å². The van der Waals surface area contributed by atoms with Crippen LogP contribution in [0.25, 0.3) is 0 Å². The average molecular weight is 939 g/mol. The van der Waals surface area contributed by atoms with Gasteiger partial charge in [0.1, 0.15) is 12.2 Å². The van der Waals surface area contributed by atoms with E-state index < -0.39 is 36.4 Å². The first kappa shape index (κ1) is 47.8. The summed E-state index contributed by atoms with van der Waals surface area (Å²) in [4.78, 5) is 46.4. The number of pyridine rings is 2. The second-order valence-corrected chi connectivity index (χ2v) is 16.9. The van der Waals surface area contributed by atoms with Gasteiger partial charge in [0.25, 0.3) is 11.8 Å². The van der Waals surface area contributed by atoms with Crippen LogP contribution >= 0.6 is 0 Å². The maximum absolute atomic E-state index is 13.5. The van der Waals surface area contributed by atoms with Crippen LogP contribution in [-0.4, -0.2) is 136 Å². The van der Waals surface area contributed by atoms with Crippen molar-refractivity contribution in [2.24, 2.45) is 9.98 Å². The number of aliphatic hydroxyl groups excluding tert-OH is 2. The van der Waals surface area contributed by atoms with Crippen LogP contribution in [-0.2, 0) is 19.1 Å². The van der Waals surface area contributed by atoms with Gasteiger partial charge in [-0.15, -0.1) is 0 Å². The van der Waals surface area contributed by atoms with E-state index in [9.17, 15) is 19.8 Å². The first-order valence-electron chi connectivity index (χ1n) is 22.8. The number of aliphatic imine (C=N–C) groups is 2. The van der Waals surface area contributed by atoms with Crippen molar-refractivity contribution in [1.82, 2.24) is 9.97 Å². The molecule has 2 aliphatic heterocycles. The Balaban J connectivity index is 0.963. The second kappa shape index (κ2) is 20.7. The zero-order chi connectivity index (χ0) is 48.2. The third kappa shape index (κ3) is 9.30. The molecule has 18 nitrogen and oxygen atoms in total. The predicted octanol–water partition coefficient (Wildman–Crippen LogP) is 5.55. The van der Waals surface area contributed by atoms with Gasteiger partial charge < -0.3 is 57.6 Å². The molecule has 2 saturated carbocycles. The number of hydrogen-bond acceptors (Lipinski definition) is 18. The van der Waals surface area contributed by atoms with Gasteiger partial charge in [-0.2, -0.15) is 0 Å². The monoisotopic (exact) mass is 938 g/mol. The zero-order valence-corrected chi connectivity index (χ0v) is 39.5. The maximum Gasteiger partial charge on any atom is 0.338 e. The summed E-state index contributed by atoms with van der Waals surface area (Å²) in [6.07, 6.45) is 0.268. The van der Waals surface area contributed by atoms with Gasteiger partial charge in [0.15, 0.2) is 46.7 Å². The first-order chi connectivity index (χ1) is 33.0. The number of aliphatic hydroxyl groups is 2. The quantitative estimate of drug-likeness (QED) is 0.124. The number of nitrogens with zero attached hydrogens (tertiary/aromatic N) is 4. The Morgan fingerprint density at radius 2 is 0.941 bits per heavy atom. The van der Waals surface area contributed by atoms with Crippen molar-refractivity contribution in [3.8, 4) is 46.3 Å². The van der Waals surface area contributed by atoms with Crippen LogP contribution in [0.5, 0.6) is 46.3 Å². The topological polar surface area (TPSA) is 217 Å². The summed E-state index contributed by atoms with van der Waals surface area (Å²) < 4.78 is 56.9. The molecule has 2 N–H and O–H groups in total. The molecule has 4 heterocycles. The summed E-state index contributed by atoms with van der Waals surface area (Å²) in [6, 6.07) is 10.9. The third-order valence-electron chi connectivity index (χ3n) is 13.1. The highest BCUT2D eigenvalue weighted by molar-refractivity contribution is 6.16. The van der Waals surface area contributed by atoms with E-state index in [0.29, 0.717) is 121 Å². The Labute approximate surface area is 394 Å². The fourth-order valence-electron chi connectivity index (χ4n) is 9.83. The smallest absolute Gasteiger partial charge is 0.338 e. The van der Waals surface area contributed by atoms with E-state index in [-0.39, 0.29) is 23.9 Å². The maximum atomic E-state index is 13.5. The molecule has 4 aromatic rings. The van der Waals surface area contributed by atoms with E-state index in [4.69, 9.17) is 57.4 Å². The van der Waals surface area contributed by atoms with Crippen molar-refractivity contribution >= 4 is 23.4 Å². The highest BCUT2D eigenvalue weighted by Gasteiger charge is 2.43. The van der Waals surface area contributed by atoms with E-state index in [1.807, 2.05) is 50.2 Å². The number of carbonyl (C=O) groups is 2. The minimum atomic E-state index is -2.19. The summed E-state index contributed by atoms with van der Waals surface area (Å²) in [5.41, 5.74) is 6.19.